The zero-order valence-corrected chi connectivity index (χ0v) is 29.6. The van der Waals surface area contributed by atoms with Crippen molar-refractivity contribution < 1.29 is 4.42 Å². The standard InChI is InChI=1S/C50H33NOS/c1-2-11-37(12-3-1)48-32-33-49(53-48)38-24-30-41(31-25-38)51(39-26-20-35(21-27-39)43-16-8-13-34-10-4-5-14-42(34)43)40-28-22-36(23-29-40)44-17-9-18-46-45-15-6-7-19-47(45)52-50(44)46/h1-33H. The largest absolute Gasteiger partial charge is 0.455 e. The molecule has 0 atom stereocenters. The van der Waals surface area contributed by atoms with Crippen LogP contribution in [0.4, 0.5) is 17.1 Å². The highest BCUT2D eigenvalue weighted by Gasteiger charge is 2.16. The van der Waals surface area contributed by atoms with Gasteiger partial charge in [0.1, 0.15) is 11.2 Å². The van der Waals surface area contributed by atoms with E-state index in [1.54, 1.807) is 0 Å². The Balaban J connectivity index is 1.03. The van der Waals surface area contributed by atoms with Gasteiger partial charge in [-0.25, -0.2) is 0 Å². The fourth-order valence-electron chi connectivity index (χ4n) is 7.50. The summed E-state index contributed by atoms with van der Waals surface area (Å²) in [6.07, 6.45) is 0. The molecule has 0 amide bonds. The predicted octanol–water partition coefficient (Wildman–Crippen LogP) is 14.9. The van der Waals surface area contributed by atoms with Gasteiger partial charge in [0.25, 0.3) is 0 Å². The second-order valence-electron chi connectivity index (χ2n) is 13.3. The zero-order chi connectivity index (χ0) is 35.1. The highest BCUT2D eigenvalue weighted by atomic mass is 32.1. The Morgan fingerprint density at radius 3 is 1.53 bits per heavy atom. The van der Waals surface area contributed by atoms with Crippen LogP contribution in [0, 0.1) is 0 Å². The van der Waals surface area contributed by atoms with Crippen molar-refractivity contribution in [2.75, 3.05) is 4.90 Å². The first kappa shape index (κ1) is 31.1. The summed E-state index contributed by atoms with van der Waals surface area (Å²) < 4.78 is 6.39. The molecule has 2 nitrogen and oxygen atoms in total. The topological polar surface area (TPSA) is 16.4 Å². The van der Waals surface area contributed by atoms with Gasteiger partial charge in [0, 0.05) is 43.2 Å². The molecule has 250 valence electrons. The van der Waals surface area contributed by atoms with Crippen molar-refractivity contribution in [2.24, 2.45) is 0 Å². The number of fused-ring (bicyclic) bond motifs is 4. The van der Waals surface area contributed by atoms with Crippen LogP contribution in [0.5, 0.6) is 0 Å². The maximum atomic E-state index is 6.39. The quantitative estimate of drug-likeness (QED) is 0.165. The van der Waals surface area contributed by atoms with Gasteiger partial charge in [-0.1, -0.05) is 146 Å². The molecule has 53 heavy (non-hydrogen) atoms. The fraction of sp³-hybridized carbons (Fsp3) is 0. The molecule has 0 saturated heterocycles. The van der Waals surface area contributed by atoms with Gasteiger partial charge in [0.15, 0.2) is 0 Å². The molecule has 0 saturated carbocycles. The molecule has 3 heteroatoms. The minimum absolute atomic E-state index is 0.909. The number of rotatable bonds is 7. The second-order valence-corrected chi connectivity index (χ2v) is 14.4. The van der Waals surface area contributed by atoms with Gasteiger partial charge in [0.05, 0.1) is 0 Å². The van der Waals surface area contributed by atoms with E-state index in [-0.39, 0.29) is 0 Å². The lowest BCUT2D eigenvalue weighted by atomic mass is 9.98. The van der Waals surface area contributed by atoms with E-state index >= 15 is 0 Å². The Bertz CT molecular complexity index is 2860. The average Bonchev–Trinajstić information content (AvgIpc) is 3.88. The number of hydrogen-bond donors (Lipinski definition) is 0. The minimum Gasteiger partial charge on any atom is -0.455 e. The third-order valence-electron chi connectivity index (χ3n) is 10.1. The number of benzene rings is 8. The zero-order valence-electron chi connectivity index (χ0n) is 28.8. The van der Waals surface area contributed by atoms with Crippen molar-refractivity contribution in [1.82, 2.24) is 0 Å². The number of para-hydroxylation sites is 2. The van der Waals surface area contributed by atoms with Gasteiger partial charge in [-0.3, -0.25) is 0 Å². The number of anilines is 3. The summed E-state index contributed by atoms with van der Waals surface area (Å²) in [5.41, 5.74) is 12.2. The molecule has 0 radical (unpaired) electrons. The summed E-state index contributed by atoms with van der Waals surface area (Å²) in [6, 6.07) is 71.6. The molecule has 8 aromatic carbocycles. The highest BCUT2D eigenvalue weighted by Crippen LogP contribution is 2.41. The second kappa shape index (κ2) is 13.1. The van der Waals surface area contributed by atoms with Crippen molar-refractivity contribution in [3.8, 4) is 43.1 Å². The average molecular weight is 696 g/mol. The van der Waals surface area contributed by atoms with E-state index in [9.17, 15) is 0 Å². The van der Waals surface area contributed by atoms with Crippen LogP contribution in [0.3, 0.4) is 0 Å². The third-order valence-corrected chi connectivity index (χ3v) is 11.3. The maximum Gasteiger partial charge on any atom is 0.143 e. The van der Waals surface area contributed by atoms with E-state index in [4.69, 9.17) is 4.42 Å². The number of thiophene rings is 1. The molecule has 0 aliphatic heterocycles. The van der Waals surface area contributed by atoms with Crippen LogP contribution < -0.4 is 4.90 Å². The van der Waals surface area contributed by atoms with Crippen LogP contribution in [0.2, 0.25) is 0 Å². The molecule has 0 bridgehead atoms. The lowest BCUT2D eigenvalue weighted by Gasteiger charge is -2.26. The number of nitrogens with zero attached hydrogens (tertiary/aromatic N) is 1. The summed E-state index contributed by atoms with van der Waals surface area (Å²) >= 11 is 1.83. The summed E-state index contributed by atoms with van der Waals surface area (Å²) in [4.78, 5) is 4.87. The van der Waals surface area contributed by atoms with Crippen molar-refractivity contribution in [1.29, 1.82) is 0 Å². The molecule has 0 N–H and O–H groups in total. The first-order valence-electron chi connectivity index (χ1n) is 17.9. The van der Waals surface area contributed by atoms with E-state index in [0.29, 0.717) is 0 Å². The van der Waals surface area contributed by atoms with Crippen LogP contribution in [-0.4, -0.2) is 0 Å². The van der Waals surface area contributed by atoms with Crippen molar-refractivity contribution >= 4 is 61.1 Å². The van der Waals surface area contributed by atoms with Crippen LogP contribution in [0.25, 0.3) is 75.8 Å². The number of hydrogen-bond acceptors (Lipinski definition) is 3. The molecular weight excluding hydrogens is 663 g/mol. The highest BCUT2D eigenvalue weighted by molar-refractivity contribution is 7.18. The maximum absolute atomic E-state index is 6.39. The van der Waals surface area contributed by atoms with E-state index in [1.165, 1.54) is 42.8 Å². The molecule has 2 heterocycles. The summed E-state index contributed by atoms with van der Waals surface area (Å²) in [5.74, 6) is 0. The van der Waals surface area contributed by atoms with Gasteiger partial charge < -0.3 is 9.32 Å². The van der Waals surface area contributed by atoms with Crippen molar-refractivity contribution in [3.05, 3.63) is 200 Å². The van der Waals surface area contributed by atoms with Gasteiger partial charge in [-0.05, 0) is 93.2 Å². The minimum atomic E-state index is 0.909. The smallest absolute Gasteiger partial charge is 0.143 e. The molecule has 0 spiro atoms. The summed E-state index contributed by atoms with van der Waals surface area (Å²) in [6.45, 7) is 0. The van der Waals surface area contributed by atoms with Gasteiger partial charge in [-0.15, -0.1) is 11.3 Å². The lowest BCUT2D eigenvalue weighted by Crippen LogP contribution is -2.09. The molecule has 2 aromatic heterocycles. The molecule has 0 unspecified atom stereocenters. The first-order valence-corrected chi connectivity index (χ1v) is 18.7. The number of furan rings is 1. The third kappa shape index (κ3) is 5.68. The summed E-state index contributed by atoms with van der Waals surface area (Å²) in [5, 5.41) is 4.78. The monoisotopic (exact) mass is 695 g/mol. The normalized spacial score (nSPS) is 11.4. The Hall–Kier alpha value is -6.68. The Labute approximate surface area is 312 Å². The fourth-order valence-corrected chi connectivity index (χ4v) is 8.52. The van der Waals surface area contributed by atoms with E-state index in [0.717, 1.165) is 50.1 Å². The lowest BCUT2D eigenvalue weighted by molar-refractivity contribution is 0.670. The Kier molecular flexibility index (Phi) is 7.71. The van der Waals surface area contributed by atoms with Crippen LogP contribution in [0.15, 0.2) is 205 Å². The molecule has 0 aliphatic carbocycles. The molecular formula is C50H33NOS. The first-order chi connectivity index (χ1) is 26.3. The Morgan fingerprint density at radius 1 is 0.340 bits per heavy atom. The summed E-state index contributed by atoms with van der Waals surface area (Å²) in [7, 11) is 0. The predicted molar refractivity (Wildman–Crippen MR) is 226 cm³/mol. The molecule has 0 fully saturated rings. The van der Waals surface area contributed by atoms with Crippen LogP contribution in [-0.2, 0) is 0 Å². The van der Waals surface area contributed by atoms with Gasteiger partial charge in [-0.2, -0.15) is 0 Å². The van der Waals surface area contributed by atoms with E-state index in [2.05, 4.69) is 193 Å². The molecule has 10 rings (SSSR count). The van der Waals surface area contributed by atoms with E-state index in [1.807, 2.05) is 23.5 Å². The van der Waals surface area contributed by atoms with Gasteiger partial charge in [0.2, 0.25) is 0 Å². The van der Waals surface area contributed by atoms with Crippen LogP contribution >= 0.6 is 11.3 Å². The van der Waals surface area contributed by atoms with Crippen LogP contribution in [0.1, 0.15) is 0 Å². The molecule has 10 aromatic rings. The Morgan fingerprint density at radius 2 is 0.830 bits per heavy atom. The SMILES string of the molecule is c1ccc(-c2ccc(-c3ccc(N(c4ccc(-c5cccc6ccccc56)cc4)c4ccc(-c5cccc6c5oc5ccccc56)cc4)cc3)s2)cc1. The van der Waals surface area contributed by atoms with Crippen molar-refractivity contribution in [3.63, 3.8) is 0 Å². The van der Waals surface area contributed by atoms with E-state index < -0.39 is 0 Å². The molecule has 0 aliphatic rings. The van der Waals surface area contributed by atoms with Crippen molar-refractivity contribution in [2.45, 2.75) is 0 Å². The van der Waals surface area contributed by atoms with Gasteiger partial charge >= 0.3 is 0 Å².